The lowest BCUT2D eigenvalue weighted by atomic mass is 9.95. The summed E-state index contributed by atoms with van der Waals surface area (Å²) in [6.45, 7) is 2.32. The molecule has 0 aliphatic carbocycles. The first-order valence-corrected chi connectivity index (χ1v) is 10.4. The molecular formula is C23H28N6O2. The average Bonchev–Trinajstić information content (AvgIpc) is 3.30. The largest absolute Gasteiger partial charge is 0.345 e. The number of unbranched alkanes of at least 4 members (excludes halogenated alkanes) is 1. The molecule has 0 saturated carbocycles. The van der Waals surface area contributed by atoms with E-state index in [0.29, 0.717) is 17.8 Å². The van der Waals surface area contributed by atoms with Crippen molar-refractivity contribution >= 4 is 11.7 Å². The number of ketones is 1. The lowest BCUT2D eigenvalue weighted by Crippen LogP contribution is -2.44. The molecule has 3 aromatic rings. The number of Topliss-reactive ketones (excluding diaryl/α,β-unsaturated/α-hetero) is 1. The van der Waals surface area contributed by atoms with Gasteiger partial charge < -0.3 is 10.2 Å². The van der Waals surface area contributed by atoms with Crippen LogP contribution in [0.25, 0.3) is 22.5 Å². The monoisotopic (exact) mass is 420 g/mol. The zero-order valence-electron chi connectivity index (χ0n) is 18.1. The number of tetrazole rings is 1. The van der Waals surface area contributed by atoms with Crippen LogP contribution in [-0.4, -0.2) is 63.9 Å². The number of aromatic nitrogens is 4. The van der Waals surface area contributed by atoms with Crippen LogP contribution in [0.3, 0.4) is 0 Å². The minimum absolute atomic E-state index is 0.0708. The Balaban J connectivity index is 1.81. The summed E-state index contributed by atoms with van der Waals surface area (Å²) in [6.07, 6.45) is 2.45. The SMILES string of the molecule is CCCCC(NC(=O)CN(C)C)C(=O)c1ccc(-c2ccccc2-c2nn[nH]n2)cc1. The van der Waals surface area contributed by atoms with E-state index in [1.54, 1.807) is 4.90 Å². The molecule has 0 saturated heterocycles. The molecule has 0 aliphatic heterocycles. The third-order valence-electron chi connectivity index (χ3n) is 4.95. The van der Waals surface area contributed by atoms with Crippen molar-refractivity contribution in [3.8, 4) is 22.5 Å². The summed E-state index contributed by atoms with van der Waals surface area (Å²) >= 11 is 0. The quantitative estimate of drug-likeness (QED) is 0.489. The Labute approximate surface area is 182 Å². The second kappa shape index (κ2) is 10.6. The van der Waals surface area contributed by atoms with Gasteiger partial charge in [-0.05, 0) is 36.9 Å². The number of aromatic amines is 1. The standard InChI is InChI=1S/C23H28N6O2/c1-4-5-10-20(24-21(30)15-29(2)3)22(31)17-13-11-16(12-14-17)18-8-6-7-9-19(18)23-25-27-28-26-23/h6-9,11-14,20H,4-5,10,15H2,1-3H3,(H,24,30)(H,25,26,27,28). The number of amides is 1. The lowest BCUT2D eigenvalue weighted by molar-refractivity contribution is -0.122. The summed E-state index contributed by atoms with van der Waals surface area (Å²) in [5, 5.41) is 17.2. The van der Waals surface area contributed by atoms with Gasteiger partial charge in [0.05, 0.1) is 12.6 Å². The highest BCUT2D eigenvalue weighted by atomic mass is 16.2. The predicted octanol–water partition coefficient (Wildman–Crippen LogP) is 2.95. The van der Waals surface area contributed by atoms with Gasteiger partial charge in [-0.25, -0.2) is 0 Å². The molecule has 0 bridgehead atoms. The maximum atomic E-state index is 13.1. The van der Waals surface area contributed by atoms with Crippen LogP contribution in [0, 0.1) is 0 Å². The molecule has 31 heavy (non-hydrogen) atoms. The molecule has 8 heteroatoms. The fourth-order valence-electron chi connectivity index (χ4n) is 3.43. The maximum Gasteiger partial charge on any atom is 0.234 e. The number of H-pyrrole nitrogens is 1. The Morgan fingerprint density at radius 2 is 1.77 bits per heavy atom. The van der Waals surface area contributed by atoms with Crippen LogP contribution in [0.5, 0.6) is 0 Å². The van der Waals surface area contributed by atoms with E-state index in [0.717, 1.165) is 29.5 Å². The Morgan fingerprint density at radius 1 is 1.06 bits per heavy atom. The number of rotatable bonds is 10. The third kappa shape index (κ3) is 5.82. The molecule has 0 radical (unpaired) electrons. The van der Waals surface area contributed by atoms with Crippen LogP contribution in [0.1, 0.15) is 36.5 Å². The molecule has 0 aliphatic rings. The normalized spacial score (nSPS) is 12.0. The van der Waals surface area contributed by atoms with Gasteiger partial charge >= 0.3 is 0 Å². The number of nitrogens with one attached hydrogen (secondary N) is 2. The maximum absolute atomic E-state index is 13.1. The predicted molar refractivity (Wildman–Crippen MR) is 119 cm³/mol. The first-order valence-electron chi connectivity index (χ1n) is 10.4. The first-order chi connectivity index (χ1) is 15.0. The number of hydrogen-bond donors (Lipinski definition) is 2. The highest BCUT2D eigenvalue weighted by Gasteiger charge is 2.22. The lowest BCUT2D eigenvalue weighted by Gasteiger charge is -2.19. The van der Waals surface area contributed by atoms with Gasteiger partial charge in [-0.2, -0.15) is 5.21 Å². The van der Waals surface area contributed by atoms with Crippen LogP contribution in [0.2, 0.25) is 0 Å². The van der Waals surface area contributed by atoms with Crippen LogP contribution >= 0.6 is 0 Å². The number of nitrogens with zero attached hydrogens (tertiary/aromatic N) is 4. The summed E-state index contributed by atoms with van der Waals surface area (Å²) in [6, 6.07) is 14.7. The molecule has 2 aromatic carbocycles. The summed E-state index contributed by atoms with van der Waals surface area (Å²) < 4.78 is 0. The number of likely N-dealkylation sites (N-methyl/N-ethyl adjacent to an activating group) is 1. The minimum atomic E-state index is -0.523. The van der Waals surface area contributed by atoms with E-state index >= 15 is 0 Å². The molecule has 2 N–H and O–H groups in total. The molecule has 1 heterocycles. The number of benzene rings is 2. The van der Waals surface area contributed by atoms with E-state index in [1.807, 2.05) is 62.6 Å². The zero-order chi connectivity index (χ0) is 22.2. The zero-order valence-corrected chi connectivity index (χ0v) is 18.1. The van der Waals surface area contributed by atoms with E-state index < -0.39 is 6.04 Å². The molecule has 162 valence electrons. The molecule has 1 amide bonds. The van der Waals surface area contributed by atoms with Crippen molar-refractivity contribution in [2.45, 2.75) is 32.2 Å². The summed E-state index contributed by atoms with van der Waals surface area (Å²) in [5.74, 6) is 0.294. The van der Waals surface area contributed by atoms with Gasteiger partial charge in [0.15, 0.2) is 5.78 Å². The van der Waals surface area contributed by atoms with Gasteiger partial charge in [0, 0.05) is 11.1 Å². The molecule has 1 atom stereocenters. The van der Waals surface area contributed by atoms with E-state index in [4.69, 9.17) is 0 Å². The van der Waals surface area contributed by atoms with Gasteiger partial charge in [-0.15, -0.1) is 10.2 Å². The third-order valence-corrected chi connectivity index (χ3v) is 4.95. The fraction of sp³-hybridized carbons (Fsp3) is 0.348. The molecule has 1 unspecified atom stereocenters. The van der Waals surface area contributed by atoms with Gasteiger partial charge in [-0.3, -0.25) is 9.59 Å². The van der Waals surface area contributed by atoms with Crippen LogP contribution in [-0.2, 0) is 4.79 Å². The second-order valence-corrected chi connectivity index (χ2v) is 7.72. The number of carbonyl (C=O) groups excluding carboxylic acids is 2. The molecule has 1 aromatic heterocycles. The topological polar surface area (TPSA) is 104 Å². The van der Waals surface area contributed by atoms with Crippen LogP contribution in [0.4, 0.5) is 0 Å². The molecular weight excluding hydrogens is 392 g/mol. The number of carbonyl (C=O) groups is 2. The van der Waals surface area contributed by atoms with Gasteiger partial charge in [0.2, 0.25) is 11.7 Å². The smallest absolute Gasteiger partial charge is 0.234 e. The first kappa shape index (κ1) is 22.3. The summed E-state index contributed by atoms with van der Waals surface area (Å²) in [5.41, 5.74) is 3.32. The van der Waals surface area contributed by atoms with E-state index in [-0.39, 0.29) is 18.2 Å². The molecule has 0 fully saturated rings. The van der Waals surface area contributed by atoms with Crippen molar-refractivity contribution < 1.29 is 9.59 Å². The van der Waals surface area contributed by atoms with Crippen molar-refractivity contribution in [2.75, 3.05) is 20.6 Å². The Hall–Kier alpha value is -3.39. The van der Waals surface area contributed by atoms with E-state index in [2.05, 4.69) is 32.9 Å². The average molecular weight is 421 g/mol. The highest BCUT2D eigenvalue weighted by Crippen LogP contribution is 2.29. The Kier molecular flexibility index (Phi) is 7.61. The minimum Gasteiger partial charge on any atom is -0.345 e. The van der Waals surface area contributed by atoms with Crippen molar-refractivity contribution in [3.63, 3.8) is 0 Å². The Morgan fingerprint density at radius 3 is 2.39 bits per heavy atom. The molecule has 3 rings (SSSR count). The van der Waals surface area contributed by atoms with E-state index in [1.165, 1.54) is 0 Å². The van der Waals surface area contributed by atoms with Crippen molar-refractivity contribution in [1.82, 2.24) is 30.8 Å². The van der Waals surface area contributed by atoms with Crippen LogP contribution < -0.4 is 5.32 Å². The fourth-order valence-corrected chi connectivity index (χ4v) is 3.43. The van der Waals surface area contributed by atoms with Crippen molar-refractivity contribution in [3.05, 3.63) is 54.1 Å². The summed E-state index contributed by atoms with van der Waals surface area (Å²) in [7, 11) is 3.65. The molecule has 0 spiro atoms. The van der Waals surface area contributed by atoms with Crippen molar-refractivity contribution in [1.29, 1.82) is 0 Å². The number of hydrogen-bond acceptors (Lipinski definition) is 6. The van der Waals surface area contributed by atoms with E-state index in [9.17, 15) is 9.59 Å². The van der Waals surface area contributed by atoms with Gasteiger partial charge in [-0.1, -0.05) is 68.3 Å². The second-order valence-electron chi connectivity index (χ2n) is 7.72. The van der Waals surface area contributed by atoms with Crippen LogP contribution in [0.15, 0.2) is 48.5 Å². The van der Waals surface area contributed by atoms with Gasteiger partial charge in [0.1, 0.15) is 0 Å². The van der Waals surface area contributed by atoms with Crippen molar-refractivity contribution in [2.24, 2.45) is 0 Å². The molecule has 8 nitrogen and oxygen atoms in total. The Bertz CT molecular complexity index is 999. The highest BCUT2D eigenvalue weighted by molar-refractivity contribution is 6.02. The van der Waals surface area contributed by atoms with Gasteiger partial charge in [0.25, 0.3) is 0 Å². The summed E-state index contributed by atoms with van der Waals surface area (Å²) in [4.78, 5) is 27.1.